The predicted molar refractivity (Wildman–Crippen MR) is 74.0 cm³/mol. The summed E-state index contributed by atoms with van der Waals surface area (Å²) < 4.78 is 5.49. The molecule has 0 amide bonds. The minimum atomic E-state index is -1.44. The number of hydrogen-bond acceptors (Lipinski definition) is 4. The molecular formula is C16H14N2O2. The van der Waals surface area contributed by atoms with Crippen LogP contribution in [0.2, 0.25) is 0 Å². The molecule has 4 heteroatoms. The Kier molecular flexibility index (Phi) is 3.08. The van der Waals surface area contributed by atoms with Crippen LogP contribution in [0.1, 0.15) is 22.9 Å². The molecule has 1 N–H and O–H groups in total. The number of hydrogen-bond donors (Lipinski definition) is 1. The summed E-state index contributed by atoms with van der Waals surface area (Å²) in [5, 5.41) is 19.1. The topological polar surface area (TPSA) is 59.2 Å². The Morgan fingerprint density at radius 3 is 1.75 bits per heavy atom. The van der Waals surface area contributed by atoms with Gasteiger partial charge >= 0.3 is 0 Å². The molecule has 0 atom stereocenters. The Hall–Kier alpha value is -2.46. The van der Waals surface area contributed by atoms with Gasteiger partial charge in [-0.2, -0.15) is 0 Å². The van der Waals surface area contributed by atoms with E-state index in [1.165, 1.54) is 0 Å². The Bertz CT molecular complexity index is 653. The fourth-order valence-electron chi connectivity index (χ4n) is 2.22. The van der Waals surface area contributed by atoms with Crippen molar-refractivity contribution >= 4 is 0 Å². The van der Waals surface area contributed by atoms with Gasteiger partial charge in [-0.05, 0) is 11.1 Å². The van der Waals surface area contributed by atoms with Crippen LogP contribution in [0.15, 0.2) is 65.1 Å². The van der Waals surface area contributed by atoms with Crippen molar-refractivity contribution in [3.8, 4) is 0 Å². The lowest BCUT2D eigenvalue weighted by Gasteiger charge is -2.25. The molecule has 0 aliphatic rings. The zero-order valence-electron chi connectivity index (χ0n) is 11.0. The zero-order chi connectivity index (χ0) is 14.0. The van der Waals surface area contributed by atoms with E-state index < -0.39 is 5.60 Å². The van der Waals surface area contributed by atoms with Crippen molar-refractivity contribution in [2.24, 2.45) is 0 Å². The number of aromatic nitrogens is 2. The largest absolute Gasteiger partial charge is 0.422 e. The van der Waals surface area contributed by atoms with Gasteiger partial charge in [-0.1, -0.05) is 60.7 Å². The van der Waals surface area contributed by atoms with Crippen LogP contribution in [-0.2, 0) is 5.60 Å². The number of rotatable bonds is 3. The molecule has 0 aliphatic carbocycles. The van der Waals surface area contributed by atoms with Crippen LogP contribution in [-0.4, -0.2) is 15.3 Å². The van der Waals surface area contributed by atoms with Crippen LogP contribution in [0.5, 0.6) is 0 Å². The molecule has 2 aromatic carbocycles. The minimum Gasteiger partial charge on any atom is -0.422 e. The molecule has 0 fully saturated rings. The first kappa shape index (κ1) is 12.6. The molecule has 4 nitrogen and oxygen atoms in total. The van der Waals surface area contributed by atoms with Crippen molar-refractivity contribution in [2.45, 2.75) is 12.5 Å². The number of nitrogens with zero attached hydrogens (tertiary/aromatic N) is 2. The second-order valence-electron chi connectivity index (χ2n) is 4.57. The number of aryl methyl sites for hydroxylation is 1. The van der Waals surface area contributed by atoms with E-state index in [2.05, 4.69) is 10.2 Å². The molecule has 0 spiro atoms. The van der Waals surface area contributed by atoms with E-state index in [9.17, 15) is 5.11 Å². The molecule has 3 rings (SSSR count). The van der Waals surface area contributed by atoms with Gasteiger partial charge < -0.3 is 9.52 Å². The Labute approximate surface area is 116 Å². The van der Waals surface area contributed by atoms with Crippen LogP contribution < -0.4 is 0 Å². The summed E-state index contributed by atoms with van der Waals surface area (Å²) in [5.74, 6) is 0.595. The van der Waals surface area contributed by atoms with Crippen LogP contribution in [0.25, 0.3) is 0 Å². The van der Waals surface area contributed by atoms with E-state index in [0.29, 0.717) is 17.0 Å². The van der Waals surface area contributed by atoms with Crippen molar-refractivity contribution in [3.05, 3.63) is 83.6 Å². The maximum absolute atomic E-state index is 11.2. The molecule has 3 aromatic rings. The van der Waals surface area contributed by atoms with Crippen LogP contribution in [0.4, 0.5) is 0 Å². The van der Waals surface area contributed by atoms with E-state index in [1.54, 1.807) is 6.92 Å². The van der Waals surface area contributed by atoms with Gasteiger partial charge in [0.1, 0.15) is 0 Å². The first-order chi connectivity index (χ1) is 9.71. The van der Waals surface area contributed by atoms with Gasteiger partial charge in [0.15, 0.2) is 5.60 Å². The molecule has 0 radical (unpaired) electrons. The molecule has 1 aromatic heterocycles. The van der Waals surface area contributed by atoms with Gasteiger partial charge in [0.25, 0.3) is 5.89 Å². The average molecular weight is 266 g/mol. The van der Waals surface area contributed by atoms with E-state index in [4.69, 9.17) is 4.42 Å². The summed E-state index contributed by atoms with van der Waals surface area (Å²) in [6.45, 7) is 1.70. The Balaban J connectivity index is 2.23. The van der Waals surface area contributed by atoms with Gasteiger partial charge in [-0.3, -0.25) is 0 Å². The fourth-order valence-corrected chi connectivity index (χ4v) is 2.22. The number of benzene rings is 2. The lowest BCUT2D eigenvalue weighted by Crippen LogP contribution is -2.29. The van der Waals surface area contributed by atoms with Crippen molar-refractivity contribution in [1.29, 1.82) is 0 Å². The SMILES string of the molecule is Cc1nnc(C(O)(c2ccccc2)c2ccccc2)o1. The molecule has 0 bridgehead atoms. The van der Waals surface area contributed by atoms with Gasteiger partial charge in [0.05, 0.1) is 0 Å². The molecule has 100 valence electrons. The average Bonchev–Trinajstić information content (AvgIpc) is 2.95. The summed E-state index contributed by atoms with van der Waals surface area (Å²) in [5.41, 5.74) is -0.0613. The third kappa shape index (κ3) is 2.00. The molecule has 0 unspecified atom stereocenters. The Morgan fingerprint density at radius 1 is 0.850 bits per heavy atom. The summed E-state index contributed by atoms with van der Waals surface area (Å²) in [7, 11) is 0. The monoisotopic (exact) mass is 266 g/mol. The maximum Gasteiger partial charge on any atom is 0.257 e. The lowest BCUT2D eigenvalue weighted by molar-refractivity contribution is 0.0917. The van der Waals surface area contributed by atoms with E-state index in [1.807, 2.05) is 60.7 Å². The lowest BCUT2D eigenvalue weighted by atomic mass is 9.86. The highest BCUT2D eigenvalue weighted by molar-refractivity contribution is 5.41. The molecule has 0 aliphatic heterocycles. The summed E-state index contributed by atoms with van der Waals surface area (Å²) in [4.78, 5) is 0. The van der Waals surface area contributed by atoms with Crippen molar-refractivity contribution in [2.75, 3.05) is 0 Å². The standard InChI is InChI=1S/C16H14N2O2/c1-12-17-18-15(20-12)16(19,13-8-4-2-5-9-13)14-10-6-3-7-11-14/h2-11,19H,1H3. The van der Waals surface area contributed by atoms with Gasteiger partial charge in [-0.15, -0.1) is 10.2 Å². The molecule has 0 saturated heterocycles. The van der Waals surface area contributed by atoms with Gasteiger partial charge in [0.2, 0.25) is 5.89 Å². The zero-order valence-corrected chi connectivity index (χ0v) is 11.0. The predicted octanol–water partition coefficient (Wildman–Crippen LogP) is 2.66. The highest BCUT2D eigenvalue weighted by Gasteiger charge is 2.39. The normalized spacial score (nSPS) is 11.5. The fraction of sp³-hybridized carbons (Fsp3) is 0.125. The summed E-state index contributed by atoms with van der Waals surface area (Å²) in [6, 6.07) is 18.6. The van der Waals surface area contributed by atoms with Crippen molar-refractivity contribution in [1.82, 2.24) is 10.2 Å². The second kappa shape index (κ2) is 4.90. The third-order valence-electron chi connectivity index (χ3n) is 3.22. The van der Waals surface area contributed by atoms with E-state index in [0.717, 1.165) is 0 Å². The summed E-state index contributed by atoms with van der Waals surface area (Å²) >= 11 is 0. The third-order valence-corrected chi connectivity index (χ3v) is 3.22. The Morgan fingerprint density at radius 2 is 1.35 bits per heavy atom. The number of aliphatic hydroxyl groups is 1. The quantitative estimate of drug-likeness (QED) is 0.791. The maximum atomic E-state index is 11.2. The van der Waals surface area contributed by atoms with Crippen LogP contribution in [0.3, 0.4) is 0 Å². The van der Waals surface area contributed by atoms with Crippen molar-refractivity contribution in [3.63, 3.8) is 0 Å². The van der Waals surface area contributed by atoms with Crippen LogP contribution in [0, 0.1) is 6.92 Å². The molecular weight excluding hydrogens is 252 g/mol. The highest BCUT2D eigenvalue weighted by Crippen LogP contribution is 2.35. The van der Waals surface area contributed by atoms with Crippen LogP contribution >= 0.6 is 0 Å². The van der Waals surface area contributed by atoms with E-state index >= 15 is 0 Å². The first-order valence-corrected chi connectivity index (χ1v) is 6.35. The molecule has 0 saturated carbocycles. The molecule has 1 heterocycles. The highest BCUT2D eigenvalue weighted by atomic mass is 16.4. The van der Waals surface area contributed by atoms with Crippen molar-refractivity contribution < 1.29 is 9.52 Å². The van der Waals surface area contributed by atoms with Gasteiger partial charge in [0, 0.05) is 6.92 Å². The first-order valence-electron chi connectivity index (χ1n) is 6.35. The second-order valence-corrected chi connectivity index (χ2v) is 4.57. The van der Waals surface area contributed by atoms with Gasteiger partial charge in [-0.25, -0.2) is 0 Å². The van der Waals surface area contributed by atoms with E-state index in [-0.39, 0.29) is 5.89 Å². The smallest absolute Gasteiger partial charge is 0.257 e. The minimum absolute atomic E-state index is 0.174. The summed E-state index contributed by atoms with van der Waals surface area (Å²) in [6.07, 6.45) is 0. The molecule has 20 heavy (non-hydrogen) atoms.